The molecule has 0 spiro atoms. The van der Waals surface area contributed by atoms with E-state index in [4.69, 9.17) is 29.6 Å². The maximum absolute atomic E-state index is 14.3. The Labute approximate surface area is 145 Å². The van der Waals surface area contributed by atoms with Crippen molar-refractivity contribution in [2.24, 2.45) is 0 Å². The molecule has 2 heterocycles. The molecule has 0 amide bonds. The summed E-state index contributed by atoms with van der Waals surface area (Å²) in [5.74, 6) is 1.76. The highest BCUT2D eigenvalue weighted by molar-refractivity contribution is 6.33. The van der Waals surface area contributed by atoms with E-state index >= 15 is 0 Å². The third kappa shape index (κ3) is 2.68. The monoisotopic (exact) mass is 374 g/mol. The van der Waals surface area contributed by atoms with Crippen molar-refractivity contribution < 1.29 is 17.6 Å². The Hall–Kier alpha value is -1.97. The molecular weight excluding hydrogens is 367 g/mol. The summed E-state index contributed by atoms with van der Waals surface area (Å²) in [6, 6.07) is 3.36. The molecule has 0 saturated heterocycles. The van der Waals surface area contributed by atoms with Crippen molar-refractivity contribution in [3.8, 4) is 23.6 Å². The van der Waals surface area contributed by atoms with Crippen LogP contribution >= 0.6 is 23.2 Å². The minimum atomic E-state index is -4.58. The molecule has 0 fully saturated rings. The second kappa shape index (κ2) is 5.83. The number of benzene rings is 1. The first-order valence-corrected chi connectivity index (χ1v) is 7.46. The highest BCUT2D eigenvalue weighted by Crippen LogP contribution is 2.48. The van der Waals surface area contributed by atoms with E-state index in [0.29, 0.717) is 23.5 Å². The van der Waals surface area contributed by atoms with Gasteiger partial charge in [0.15, 0.2) is 0 Å². The first-order valence-electron chi connectivity index (χ1n) is 6.64. The van der Waals surface area contributed by atoms with Crippen molar-refractivity contribution in [3.63, 3.8) is 0 Å². The van der Waals surface area contributed by atoms with Crippen LogP contribution in [0.4, 0.5) is 23.2 Å². The zero-order chi connectivity index (χ0) is 17.6. The fourth-order valence-electron chi connectivity index (χ4n) is 2.48. The van der Waals surface area contributed by atoms with Crippen molar-refractivity contribution in [3.05, 3.63) is 46.4 Å². The summed E-state index contributed by atoms with van der Waals surface area (Å²) in [4.78, 5) is 5.33. The van der Waals surface area contributed by atoms with Gasteiger partial charge in [-0.3, -0.25) is 4.98 Å². The van der Waals surface area contributed by atoms with Gasteiger partial charge in [0, 0.05) is 23.0 Å². The van der Waals surface area contributed by atoms with Crippen molar-refractivity contribution in [1.29, 1.82) is 0 Å². The summed E-state index contributed by atoms with van der Waals surface area (Å²) >= 11 is 12.0. The standard InChI is InChI=1S/C16H8Cl2F4N2/c1-2-3-24-13-6-9(12(19)5-10(13)15(24)18)14-11(17)4-8(7-23-14)16(20,21)22/h1,4-7,15H,3H2. The van der Waals surface area contributed by atoms with Crippen molar-refractivity contribution in [1.82, 2.24) is 4.98 Å². The molecule has 0 N–H and O–H groups in total. The molecule has 2 nitrogen and oxygen atoms in total. The maximum Gasteiger partial charge on any atom is 0.417 e. The SMILES string of the molecule is C#CCN1c2cc(-c3ncc(C(F)(F)F)cc3Cl)c(F)cc2C1Cl. The topological polar surface area (TPSA) is 16.1 Å². The molecular formula is C16H8Cl2F4N2. The Kier molecular flexibility index (Phi) is 4.10. The van der Waals surface area contributed by atoms with E-state index in [2.05, 4.69) is 10.9 Å². The number of aromatic nitrogens is 1. The van der Waals surface area contributed by atoms with Gasteiger partial charge in [-0.2, -0.15) is 13.2 Å². The van der Waals surface area contributed by atoms with Crippen LogP contribution in [0.25, 0.3) is 11.3 Å². The Balaban J connectivity index is 2.07. The van der Waals surface area contributed by atoms with E-state index in [0.717, 1.165) is 0 Å². The number of hydrogen-bond acceptors (Lipinski definition) is 2. The number of terminal acetylenes is 1. The Morgan fingerprint density at radius 3 is 2.58 bits per heavy atom. The van der Waals surface area contributed by atoms with E-state index in [9.17, 15) is 17.6 Å². The predicted octanol–water partition coefficient (Wildman–Crippen LogP) is 5.25. The highest BCUT2D eigenvalue weighted by Gasteiger charge is 2.35. The average molecular weight is 375 g/mol. The molecule has 0 saturated carbocycles. The molecule has 1 aromatic heterocycles. The number of anilines is 1. The molecule has 24 heavy (non-hydrogen) atoms. The number of halogens is 6. The lowest BCUT2D eigenvalue weighted by Gasteiger charge is -2.40. The largest absolute Gasteiger partial charge is 0.417 e. The molecule has 1 aromatic carbocycles. The maximum atomic E-state index is 14.3. The van der Waals surface area contributed by atoms with Crippen molar-refractivity contribution in [2.75, 3.05) is 11.4 Å². The van der Waals surface area contributed by atoms with E-state index in [-0.39, 0.29) is 22.8 Å². The molecule has 2 aromatic rings. The van der Waals surface area contributed by atoms with Crippen LogP contribution in [-0.4, -0.2) is 11.5 Å². The van der Waals surface area contributed by atoms with Crippen LogP contribution in [0.15, 0.2) is 24.4 Å². The van der Waals surface area contributed by atoms with Crippen LogP contribution in [0.5, 0.6) is 0 Å². The molecule has 1 atom stereocenters. The molecule has 0 bridgehead atoms. The summed E-state index contributed by atoms with van der Waals surface area (Å²) in [6.45, 7) is 0.223. The molecule has 1 unspecified atom stereocenters. The lowest BCUT2D eigenvalue weighted by Crippen LogP contribution is -2.35. The highest BCUT2D eigenvalue weighted by atomic mass is 35.5. The van der Waals surface area contributed by atoms with Crippen LogP contribution in [0.1, 0.15) is 16.6 Å². The molecule has 124 valence electrons. The minimum Gasteiger partial charge on any atom is -0.340 e. The van der Waals surface area contributed by atoms with Gasteiger partial charge >= 0.3 is 6.18 Å². The fourth-order valence-corrected chi connectivity index (χ4v) is 3.09. The van der Waals surface area contributed by atoms with Gasteiger partial charge in [0.25, 0.3) is 0 Å². The molecule has 0 radical (unpaired) electrons. The lowest BCUT2D eigenvalue weighted by molar-refractivity contribution is -0.137. The van der Waals surface area contributed by atoms with E-state index in [1.165, 1.54) is 12.1 Å². The van der Waals surface area contributed by atoms with Crippen LogP contribution in [0, 0.1) is 18.2 Å². The third-order valence-electron chi connectivity index (χ3n) is 3.64. The molecule has 1 aliphatic rings. The lowest BCUT2D eigenvalue weighted by atomic mass is 9.98. The second-order valence-electron chi connectivity index (χ2n) is 5.11. The van der Waals surface area contributed by atoms with E-state index < -0.39 is 23.1 Å². The van der Waals surface area contributed by atoms with Gasteiger partial charge in [-0.1, -0.05) is 29.1 Å². The van der Waals surface area contributed by atoms with Crippen LogP contribution in [0.3, 0.4) is 0 Å². The summed E-state index contributed by atoms with van der Waals surface area (Å²) in [7, 11) is 0. The molecule has 8 heteroatoms. The van der Waals surface area contributed by atoms with Crippen molar-refractivity contribution >= 4 is 28.9 Å². The summed E-state index contributed by atoms with van der Waals surface area (Å²) in [5.41, 5.74) is -0.494. The fraction of sp³-hybridized carbons (Fsp3) is 0.188. The van der Waals surface area contributed by atoms with Gasteiger partial charge in [0.05, 0.1) is 22.8 Å². The van der Waals surface area contributed by atoms with Gasteiger partial charge in [-0.25, -0.2) is 4.39 Å². The van der Waals surface area contributed by atoms with E-state index in [1.807, 2.05) is 0 Å². The Morgan fingerprint density at radius 1 is 1.29 bits per heavy atom. The number of hydrogen-bond donors (Lipinski definition) is 0. The number of pyridine rings is 1. The third-order valence-corrected chi connectivity index (χ3v) is 4.40. The molecule has 1 aliphatic heterocycles. The van der Waals surface area contributed by atoms with Gasteiger partial charge in [-0.05, 0) is 18.2 Å². The summed E-state index contributed by atoms with van der Waals surface area (Å²) < 4.78 is 52.3. The normalized spacial score (nSPS) is 16.4. The van der Waals surface area contributed by atoms with Gasteiger partial charge < -0.3 is 4.90 Å². The Bertz CT molecular complexity index is 858. The smallest absolute Gasteiger partial charge is 0.340 e. The second-order valence-corrected chi connectivity index (χ2v) is 5.93. The van der Waals surface area contributed by atoms with Crippen LogP contribution < -0.4 is 4.90 Å². The van der Waals surface area contributed by atoms with Crippen LogP contribution in [-0.2, 0) is 6.18 Å². The van der Waals surface area contributed by atoms with Crippen LogP contribution in [0.2, 0.25) is 5.02 Å². The number of fused-ring (bicyclic) bond motifs is 1. The van der Waals surface area contributed by atoms with Crippen molar-refractivity contribution in [2.45, 2.75) is 11.7 Å². The Morgan fingerprint density at radius 2 is 2.00 bits per heavy atom. The first kappa shape index (κ1) is 16.9. The van der Waals surface area contributed by atoms with Gasteiger partial charge in [0.2, 0.25) is 0 Å². The average Bonchev–Trinajstić information content (AvgIpc) is 2.52. The zero-order valence-corrected chi connectivity index (χ0v) is 13.3. The number of nitrogens with zero attached hydrogens (tertiary/aromatic N) is 2. The zero-order valence-electron chi connectivity index (χ0n) is 11.8. The molecule has 0 aliphatic carbocycles. The van der Waals surface area contributed by atoms with E-state index in [1.54, 1.807) is 4.90 Å². The quantitative estimate of drug-likeness (QED) is 0.309. The predicted molar refractivity (Wildman–Crippen MR) is 84.4 cm³/mol. The molecule has 3 rings (SSSR count). The number of rotatable bonds is 2. The first-order chi connectivity index (χ1) is 11.2. The summed E-state index contributed by atoms with van der Waals surface area (Å²) in [6.07, 6.45) is 1.29. The summed E-state index contributed by atoms with van der Waals surface area (Å²) in [5, 5.41) is -0.297. The number of alkyl halides is 4. The minimum absolute atomic E-state index is 0.0157. The van der Waals surface area contributed by atoms with Gasteiger partial charge in [-0.15, -0.1) is 6.42 Å². The van der Waals surface area contributed by atoms with Gasteiger partial charge in [0.1, 0.15) is 11.3 Å².